The van der Waals surface area contributed by atoms with Crippen LogP contribution in [0.3, 0.4) is 0 Å². The number of anilines is 1. The number of nitrogens with one attached hydrogen (secondary N) is 1. The summed E-state index contributed by atoms with van der Waals surface area (Å²) in [4.78, 5) is 18.9. The van der Waals surface area contributed by atoms with Gasteiger partial charge < -0.3 is 14.5 Å². The first kappa shape index (κ1) is 21.0. The van der Waals surface area contributed by atoms with E-state index in [9.17, 15) is 18.5 Å². The van der Waals surface area contributed by atoms with Crippen molar-refractivity contribution in [2.24, 2.45) is 0 Å². The quantitative estimate of drug-likeness (QED) is 0.524. The van der Waals surface area contributed by atoms with Crippen molar-refractivity contribution in [1.82, 2.24) is 14.6 Å². The third kappa shape index (κ3) is 5.00. The lowest BCUT2D eigenvalue weighted by atomic mass is 10.2. The lowest BCUT2D eigenvalue weighted by Gasteiger charge is -2.33. The third-order valence-electron chi connectivity index (χ3n) is 4.75. The molecule has 11 heteroatoms. The average Bonchev–Trinajstić information content (AvgIpc) is 2.72. The zero-order valence-electron chi connectivity index (χ0n) is 16.2. The molecule has 10 nitrogen and oxygen atoms in total. The van der Waals surface area contributed by atoms with Gasteiger partial charge in [0.1, 0.15) is 16.5 Å². The molecule has 0 saturated carbocycles. The minimum atomic E-state index is -3.93. The molecule has 29 heavy (non-hydrogen) atoms. The van der Waals surface area contributed by atoms with E-state index in [4.69, 9.17) is 4.74 Å². The first-order chi connectivity index (χ1) is 13.8. The highest BCUT2D eigenvalue weighted by molar-refractivity contribution is 7.89. The van der Waals surface area contributed by atoms with Crippen LogP contribution in [0.2, 0.25) is 0 Å². The third-order valence-corrected chi connectivity index (χ3v) is 6.19. The van der Waals surface area contributed by atoms with Crippen LogP contribution in [0.25, 0.3) is 0 Å². The van der Waals surface area contributed by atoms with Gasteiger partial charge >= 0.3 is 0 Å². The van der Waals surface area contributed by atoms with E-state index in [1.54, 1.807) is 12.3 Å². The molecule has 1 saturated heterocycles. The number of hydrogen-bond acceptors (Lipinski definition) is 8. The SMILES string of the molecule is COc1cc([N+](=O)[O-])ccc1S(=O)(=O)NCc1ccnc(N2CCN(C)CC2)c1. The molecule has 1 aliphatic heterocycles. The second-order valence-corrected chi connectivity index (χ2v) is 8.46. The van der Waals surface area contributed by atoms with Gasteiger partial charge in [-0.15, -0.1) is 0 Å². The fraction of sp³-hybridized carbons (Fsp3) is 0.389. The van der Waals surface area contributed by atoms with Crippen LogP contribution >= 0.6 is 0 Å². The molecule has 1 aromatic heterocycles. The molecule has 156 valence electrons. The second kappa shape index (κ2) is 8.72. The van der Waals surface area contributed by atoms with Crippen molar-refractivity contribution in [1.29, 1.82) is 0 Å². The number of non-ortho nitro benzene ring substituents is 1. The van der Waals surface area contributed by atoms with Crippen molar-refractivity contribution in [2.45, 2.75) is 11.4 Å². The van der Waals surface area contributed by atoms with Gasteiger partial charge in [-0.1, -0.05) is 0 Å². The molecular formula is C18H23N5O5S. The van der Waals surface area contributed by atoms with Crippen LogP contribution in [0.15, 0.2) is 41.4 Å². The van der Waals surface area contributed by atoms with Gasteiger partial charge in [0.15, 0.2) is 0 Å². The van der Waals surface area contributed by atoms with E-state index in [0.717, 1.165) is 49.7 Å². The largest absolute Gasteiger partial charge is 0.495 e. The number of methoxy groups -OCH3 is 1. The number of nitro benzene ring substituents is 1. The number of aromatic nitrogens is 1. The van der Waals surface area contributed by atoms with Crippen LogP contribution in [-0.2, 0) is 16.6 Å². The predicted molar refractivity (Wildman–Crippen MR) is 108 cm³/mol. The van der Waals surface area contributed by atoms with E-state index in [2.05, 4.69) is 26.6 Å². The number of piperazine rings is 1. The van der Waals surface area contributed by atoms with Crippen LogP contribution in [0.5, 0.6) is 5.75 Å². The maximum Gasteiger partial charge on any atom is 0.273 e. The monoisotopic (exact) mass is 421 g/mol. The first-order valence-electron chi connectivity index (χ1n) is 9.00. The number of hydrogen-bond donors (Lipinski definition) is 1. The number of benzene rings is 1. The van der Waals surface area contributed by atoms with Gasteiger partial charge in [0.2, 0.25) is 10.0 Å². The Labute approximate surface area is 169 Å². The van der Waals surface area contributed by atoms with Crippen molar-refractivity contribution >= 4 is 21.5 Å². The van der Waals surface area contributed by atoms with Gasteiger partial charge in [0, 0.05) is 45.0 Å². The lowest BCUT2D eigenvalue weighted by molar-refractivity contribution is -0.385. The predicted octanol–water partition coefficient (Wildman–Crippen LogP) is 1.23. The molecule has 1 fully saturated rings. The summed E-state index contributed by atoms with van der Waals surface area (Å²) < 4.78 is 33.0. The van der Waals surface area contributed by atoms with E-state index in [-0.39, 0.29) is 22.9 Å². The number of likely N-dealkylation sites (N-methyl/N-ethyl adjacent to an activating group) is 1. The molecule has 0 spiro atoms. The number of nitro groups is 1. The van der Waals surface area contributed by atoms with Crippen LogP contribution in [0.1, 0.15) is 5.56 Å². The first-order valence-corrected chi connectivity index (χ1v) is 10.5. The highest BCUT2D eigenvalue weighted by Crippen LogP contribution is 2.28. The van der Waals surface area contributed by atoms with Crippen molar-refractivity contribution in [3.8, 4) is 5.75 Å². The number of sulfonamides is 1. The topological polar surface area (TPSA) is 118 Å². The molecule has 3 rings (SSSR count). The molecule has 1 aromatic carbocycles. The Morgan fingerprint density at radius 2 is 1.93 bits per heavy atom. The normalized spacial score (nSPS) is 15.3. The molecule has 1 aliphatic rings. The Kier molecular flexibility index (Phi) is 6.30. The molecule has 0 radical (unpaired) electrons. The lowest BCUT2D eigenvalue weighted by Crippen LogP contribution is -2.44. The molecular weight excluding hydrogens is 398 g/mol. The highest BCUT2D eigenvalue weighted by atomic mass is 32.2. The fourth-order valence-corrected chi connectivity index (χ4v) is 4.19. The summed E-state index contributed by atoms with van der Waals surface area (Å²) in [6.45, 7) is 3.67. The van der Waals surface area contributed by atoms with Crippen molar-refractivity contribution in [2.75, 3.05) is 45.2 Å². The van der Waals surface area contributed by atoms with E-state index in [1.807, 2.05) is 6.07 Å². The van der Waals surface area contributed by atoms with Gasteiger partial charge in [-0.05, 0) is 30.8 Å². The molecule has 0 atom stereocenters. The number of rotatable bonds is 7. The summed E-state index contributed by atoms with van der Waals surface area (Å²) in [7, 11) is -0.588. The maximum absolute atomic E-state index is 12.7. The van der Waals surface area contributed by atoms with Gasteiger partial charge in [-0.2, -0.15) is 0 Å². The molecule has 0 bridgehead atoms. The maximum atomic E-state index is 12.7. The highest BCUT2D eigenvalue weighted by Gasteiger charge is 2.22. The summed E-state index contributed by atoms with van der Waals surface area (Å²) in [6.07, 6.45) is 1.66. The Hall–Kier alpha value is -2.76. The van der Waals surface area contributed by atoms with Gasteiger partial charge in [-0.25, -0.2) is 18.1 Å². The van der Waals surface area contributed by atoms with Crippen LogP contribution in [0, 0.1) is 10.1 Å². The van der Waals surface area contributed by atoms with Crippen LogP contribution in [0.4, 0.5) is 11.5 Å². The summed E-state index contributed by atoms with van der Waals surface area (Å²) in [6, 6.07) is 7.00. The minimum absolute atomic E-state index is 0.0612. The summed E-state index contributed by atoms with van der Waals surface area (Å²) in [5.74, 6) is 0.724. The summed E-state index contributed by atoms with van der Waals surface area (Å²) in [5.41, 5.74) is 0.519. The summed E-state index contributed by atoms with van der Waals surface area (Å²) >= 11 is 0. The molecule has 1 N–H and O–H groups in total. The molecule has 2 heterocycles. The zero-order chi connectivity index (χ0) is 21.0. The van der Waals surface area contributed by atoms with Gasteiger partial charge in [-0.3, -0.25) is 10.1 Å². The number of ether oxygens (including phenoxy) is 1. The molecule has 0 aliphatic carbocycles. The van der Waals surface area contributed by atoms with Crippen LogP contribution < -0.4 is 14.4 Å². The molecule has 2 aromatic rings. The molecule has 0 unspecified atom stereocenters. The Bertz CT molecular complexity index is 990. The average molecular weight is 421 g/mol. The van der Waals surface area contributed by atoms with E-state index < -0.39 is 14.9 Å². The number of nitrogens with zero attached hydrogens (tertiary/aromatic N) is 4. The van der Waals surface area contributed by atoms with Crippen molar-refractivity contribution in [3.63, 3.8) is 0 Å². The van der Waals surface area contributed by atoms with Crippen molar-refractivity contribution < 1.29 is 18.1 Å². The van der Waals surface area contributed by atoms with Crippen LogP contribution in [-0.4, -0.2) is 63.6 Å². The Morgan fingerprint density at radius 1 is 1.21 bits per heavy atom. The second-order valence-electron chi connectivity index (χ2n) is 6.73. The Morgan fingerprint density at radius 3 is 2.59 bits per heavy atom. The van der Waals surface area contributed by atoms with Gasteiger partial charge in [0.25, 0.3) is 5.69 Å². The fourth-order valence-electron chi connectivity index (χ4n) is 3.03. The van der Waals surface area contributed by atoms with E-state index >= 15 is 0 Å². The van der Waals surface area contributed by atoms with Gasteiger partial charge in [0.05, 0.1) is 18.1 Å². The van der Waals surface area contributed by atoms with E-state index in [0.29, 0.717) is 0 Å². The molecule has 0 amide bonds. The smallest absolute Gasteiger partial charge is 0.273 e. The summed E-state index contributed by atoms with van der Waals surface area (Å²) in [5, 5.41) is 10.9. The standard InChI is InChI=1S/C18H23N5O5S/c1-21-7-9-22(10-8-21)18-11-14(5-6-19-18)13-20-29(26,27)17-4-3-15(23(24)25)12-16(17)28-2/h3-6,11-12,20H,7-10,13H2,1-2H3. The Balaban J connectivity index is 1.74. The zero-order valence-corrected chi connectivity index (χ0v) is 17.1. The van der Waals surface area contributed by atoms with Crippen molar-refractivity contribution in [3.05, 3.63) is 52.2 Å². The number of pyridine rings is 1. The van der Waals surface area contributed by atoms with E-state index in [1.165, 1.54) is 13.2 Å². The minimum Gasteiger partial charge on any atom is -0.495 e.